The second-order valence-electron chi connectivity index (χ2n) is 10.0. The van der Waals surface area contributed by atoms with E-state index in [0.29, 0.717) is 11.3 Å². The number of nitrogen functional groups attached to an aromatic ring is 1. The highest BCUT2D eigenvalue weighted by molar-refractivity contribution is 6.06. The van der Waals surface area contributed by atoms with E-state index in [1.165, 1.54) is 96.3 Å². The molecule has 0 aliphatic carbocycles. The Balaban J connectivity index is 1.42. The molecule has 0 aliphatic rings. The fourth-order valence-corrected chi connectivity index (χ4v) is 4.43. The zero-order chi connectivity index (χ0) is 25.7. The summed E-state index contributed by atoms with van der Waals surface area (Å²) in [6.07, 6.45) is 25.5. The minimum absolute atomic E-state index is 0.0289. The Morgan fingerprint density at radius 2 is 1.14 bits per heavy atom. The number of benzene rings is 2. The maximum absolute atomic E-state index is 12.2. The lowest BCUT2D eigenvalue weighted by Crippen LogP contribution is -1.97. The van der Waals surface area contributed by atoms with Gasteiger partial charge in [-0.05, 0) is 54.5 Å². The van der Waals surface area contributed by atoms with Crippen molar-refractivity contribution in [3.63, 3.8) is 0 Å². The van der Waals surface area contributed by atoms with Crippen molar-refractivity contribution >= 4 is 17.5 Å². The van der Waals surface area contributed by atoms with E-state index in [1.54, 1.807) is 30.3 Å². The number of carbonyl (C=O) groups excluding carboxylic acids is 1. The van der Waals surface area contributed by atoms with Crippen LogP contribution in [0.1, 0.15) is 126 Å². The van der Waals surface area contributed by atoms with Crippen LogP contribution in [0.15, 0.2) is 54.6 Å². The first-order chi connectivity index (χ1) is 17.7. The number of hydrogen-bond acceptors (Lipinski definition) is 3. The third-order valence-electron chi connectivity index (χ3n) is 6.77. The Morgan fingerprint density at radius 3 is 1.64 bits per heavy atom. The highest BCUT2D eigenvalue weighted by Crippen LogP contribution is 2.16. The molecule has 3 nitrogen and oxygen atoms in total. The number of unbranched alkanes of at least 4 members (excludes halogenated alkanes) is 15. The number of ether oxygens (including phenoxy) is 1. The molecule has 0 atom stereocenters. The summed E-state index contributed by atoms with van der Waals surface area (Å²) in [6.45, 7) is 3.05. The number of anilines is 1. The van der Waals surface area contributed by atoms with E-state index in [4.69, 9.17) is 10.5 Å². The van der Waals surface area contributed by atoms with Gasteiger partial charge in [-0.25, -0.2) is 0 Å². The van der Waals surface area contributed by atoms with Gasteiger partial charge in [0.25, 0.3) is 0 Å². The zero-order valence-electron chi connectivity index (χ0n) is 22.7. The third-order valence-corrected chi connectivity index (χ3v) is 6.77. The molecule has 36 heavy (non-hydrogen) atoms. The number of allylic oxidation sites excluding steroid dienone is 1. The van der Waals surface area contributed by atoms with E-state index < -0.39 is 0 Å². The van der Waals surface area contributed by atoms with Crippen LogP contribution in [0.5, 0.6) is 5.75 Å². The Kier molecular flexibility index (Phi) is 16.2. The summed E-state index contributed by atoms with van der Waals surface area (Å²) < 4.78 is 5.88. The molecule has 0 heterocycles. The van der Waals surface area contributed by atoms with Gasteiger partial charge in [-0.2, -0.15) is 0 Å². The fraction of sp³-hybridized carbons (Fsp3) is 0.545. The molecule has 2 N–H and O–H groups in total. The molecule has 2 aromatic carbocycles. The number of rotatable bonds is 21. The quantitative estimate of drug-likeness (QED) is 0.0818. The predicted octanol–water partition coefficient (Wildman–Crippen LogP) is 9.81. The Hall–Kier alpha value is -2.55. The molecule has 3 heteroatoms. The number of carbonyl (C=O) groups is 1. The van der Waals surface area contributed by atoms with Gasteiger partial charge in [0.2, 0.25) is 0 Å². The molecule has 0 fully saturated rings. The second kappa shape index (κ2) is 19.6. The third kappa shape index (κ3) is 14.1. The standard InChI is InChI=1S/C33H49NO2/c1-2-3-4-5-6-7-8-9-10-11-12-13-14-15-16-17-28-36-32-25-18-29(19-26-32)20-27-33(35)30-21-23-31(34)24-22-30/h18-27H,2-17,28,34H2,1H3/b27-20+. The molecule has 0 saturated carbocycles. The molecule has 0 aromatic heterocycles. The number of ketones is 1. The van der Waals surface area contributed by atoms with Crippen LogP contribution in [0.2, 0.25) is 0 Å². The van der Waals surface area contributed by atoms with Crippen LogP contribution in [0.25, 0.3) is 6.08 Å². The van der Waals surface area contributed by atoms with Gasteiger partial charge < -0.3 is 10.5 Å². The van der Waals surface area contributed by atoms with Crippen molar-refractivity contribution in [3.05, 3.63) is 65.7 Å². The highest BCUT2D eigenvalue weighted by Gasteiger charge is 2.01. The van der Waals surface area contributed by atoms with Gasteiger partial charge in [0.15, 0.2) is 5.78 Å². The van der Waals surface area contributed by atoms with Crippen molar-refractivity contribution in [1.29, 1.82) is 0 Å². The molecule has 2 aromatic rings. The fourth-order valence-electron chi connectivity index (χ4n) is 4.43. The molecule has 0 amide bonds. The van der Waals surface area contributed by atoms with Crippen LogP contribution in [-0.4, -0.2) is 12.4 Å². The van der Waals surface area contributed by atoms with Crippen LogP contribution in [0, 0.1) is 0 Å². The van der Waals surface area contributed by atoms with E-state index in [1.807, 2.05) is 30.3 Å². The Labute approximate surface area is 220 Å². The maximum Gasteiger partial charge on any atom is 0.185 e. The van der Waals surface area contributed by atoms with Gasteiger partial charge in [-0.15, -0.1) is 0 Å². The lowest BCUT2D eigenvalue weighted by molar-refractivity contribution is 0.104. The molecule has 0 aliphatic heterocycles. The van der Waals surface area contributed by atoms with Crippen molar-refractivity contribution < 1.29 is 9.53 Å². The summed E-state index contributed by atoms with van der Waals surface area (Å²) in [7, 11) is 0. The zero-order valence-corrected chi connectivity index (χ0v) is 22.7. The van der Waals surface area contributed by atoms with Gasteiger partial charge in [-0.1, -0.05) is 121 Å². The first-order valence-corrected chi connectivity index (χ1v) is 14.5. The van der Waals surface area contributed by atoms with Gasteiger partial charge in [0, 0.05) is 11.3 Å². The minimum atomic E-state index is -0.0289. The van der Waals surface area contributed by atoms with Crippen molar-refractivity contribution in [2.75, 3.05) is 12.3 Å². The average Bonchev–Trinajstić information content (AvgIpc) is 2.90. The Morgan fingerprint density at radius 1 is 0.667 bits per heavy atom. The van der Waals surface area contributed by atoms with Crippen molar-refractivity contribution in [1.82, 2.24) is 0 Å². The van der Waals surface area contributed by atoms with E-state index in [0.717, 1.165) is 24.3 Å². The van der Waals surface area contributed by atoms with E-state index in [-0.39, 0.29) is 5.78 Å². The Bertz CT molecular complexity index is 839. The summed E-state index contributed by atoms with van der Waals surface area (Å²) in [6, 6.07) is 14.9. The van der Waals surface area contributed by atoms with Crippen LogP contribution >= 0.6 is 0 Å². The van der Waals surface area contributed by atoms with Crippen LogP contribution in [0.4, 0.5) is 5.69 Å². The predicted molar refractivity (Wildman–Crippen MR) is 156 cm³/mol. The lowest BCUT2D eigenvalue weighted by atomic mass is 10.0. The number of hydrogen-bond donors (Lipinski definition) is 1. The molecule has 0 radical (unpaired) electrons. The first-order valence-electron chi connectivity index (χ1n) is 14.5. The van der Waals surface area contributed by atoms with Gasteiger partial charge >= 0.3 is 0 Å². The minimum Gasteiger partial charge on any atom is -0.494 e. The van der Waals surface area contributed by atoms with E-state index >= 15 is 0 Å². The normalized spacial score (nSPS) is 11.2. The molecular weight excluding hydrogens is 442 g/mol. The summed E-state index contributed by atoms with van der Waals surface area (Å²) in [5.74, 6) is 0.858. The topological polar surface area (TPSA) is 52.3 Å². The molecule has 0 spiro atoms. The maximum atomic E-state index is 12.2. The molecule has 198 valence electrons. The van der Waals surface area contributed by atoms with Crippen molar-refractivity contribution in [2.24, 2.45) is 0 Å². The van der Waals surface area contributed by atoms with E-state index in [9.17, 15) is 4.79 Å². The summed E-state index contributed by atoms with van der Waals surface area (Å²) in [5.41, 5.74) is 7.95. The van der Waals surface area contributed by atoms with E-state index in [2.05, 4.69) is 6.92 Å². The second-order valence-corrected chi connectivity index (χ2v) is 10.0. The molecule has 0 unspecified atom stereocenters. The van der Waals surface area contributed by atoms with Crippen LogP contribution < -0.4 is 10.5 Å². The number of nitrogens with two attached hydrogens (primary N) is 1. The monoisotopic (exact) mass is 491 g/mol. The van der Waals surface area contributed by atoms with Crippen LogP contribution in [0.3, 0.4) is 0 Å². The van der Waals surface area contributed by atoms with Gasteiger partial charge in [0.1, 0.15) is 5.75 Å². The summed E-state index contributed by atoms with van der Waals surface area (Å²) >= 11 is 0. The molecule has 0 bridgehead atoms. The van der Waals surface area contributed by atoms with Crippen molar-refractivity contribution in [2.45, 2.75) is 110 Å². The van der Waals surface area contributed by atoms with Crippen LogP contribution in [-0.2, 0) is 0 Å². The largest absolute Gasteiger partial charge is 0.494 e. The van der Waals surface area contributed by atoms with Crippen molar-refractivity contribution in [3.8, 4) is 5.75 Å². The van der Waals surface area contributed by atoms with Gasteiger partial charge in [-0.3, -0.25) is 4.79 Å². The molecule has 2 rings (SSSR count). The lowest BCUT2D eigenvalue weighted by Gasteiger charge is -2.07. The smallest absolute Gasteiger partial charge is 0.185 e. The van der Waals surface area contributed by atoms with Gasteiger partial charge in [0.05, 0.1) is 6.61 Å². The highest BCUT2D eigenvalue weighted by atomic mass is 16.5. The SMILES string of the molecule is CCCCCCCCCCCCCCCCCCOc1ccc(/C=C/C(=O)c2ccc(N)cc2)cc1. The average molecular weight is 492 g/mol. The molecule has 0 saturated heterocycles. The summed E-state index contributed by atoms with van der Waals surface area (Å²) in [4.78, 5) is 12.2. The summed E-state index contributed by atoms with van der Waals surface area (Å²) in [5, 5.41) is 0. The molecular formula is C33H49NO2. The first kappa shape index (κ1) is 29.7.